The van der Waals surface area contributed by atoms with Gasteiger partial charge in [-0.25, -0.2) is 4.98 Å². The van der Waals surface area contributed by atoms with Gasteiger partial charge in [0, 0.05) is 6.20 Å². The zero-order valence-electron chi connectivity index (χ0n) is 9.32. The quantitative estimate of drug-likeness (QED) is 0.796. The molecule has 0 atom stereocenters. The Hall–Kier alpha value is -2.06. The molecule has 19 heavy (non-hydrogen) atoms. The summed E-state index contributed by atoms with van der Waals surface area (Å²) < 4.78 is 32.8. The first kappa shape index (κ1) is 12.0. The molecule has 9 heteroatoms. The van der Waals surface area contributed by atoms with Crippen molar-refractivity contribution >= 4 is 33.0 Å². The normalized spacial score (nSPS) is 11.8. The van der Waals surface area contributed by atoms with E-state index in [9.17, 15) is 8.42 Å². The lowest BCUT2D eigenvalue weighted by Gasteiger charge is -2.05. The van der Waals surface area contributed by atoms with E-state index in [0.29, 0.717) is 5.65 Å². The van der Waals surface area contributed by atoms with Crippen LogP contribution in [-0.2, 0) is 10.0 Å². The van der Waals surface area contributed by atoms with Gasteiger partial charge < -0.3 is 4.52 Å². The molecular formula is C10H7ClN4O3S. The number of nitrogens with one attached hydrogen (secondary N) is 1. The standard InChI is InChI=1S/C10H7ClN4O3S/c11-9-10(15-4-2-1-3-8(15)13-9)19(16,17)14-7-5-12-18-6-7/h1-6,14H. The minimum absolute atomic E-state index is 0.102. The average molecular weight is 299 g/mol. The van der Waals surface area contributed by atoms with Crippen LogP contribution in [0.15, 0.2) is 46.4 Å². The van der Waals surface area contributed by atoms with Crippen molar-refractivity contribution in [2.75, 3.05) is 4.72 Å². The Morgan fingerprint density at radius 3 is 2.95 bits per heavy atom. The summed E-state index contributed by atoms with van der Waals surface area (Å²) in [5.41, 5.74) is 0.653. The van der Waals surface area contributed by atoms with E-state index >= 15 is 0 Å². The van der Waals surface area contributed by atoms with Gasteiger partial charge in [0.1, 0.15) is 17.6 Å². The van der Waals surface area contributed by atoms with Gasteiger partial charge in [-0.2, -0.15) is 8.42 Å². The molecule has 0 spiro atoms. The fourth-order valence-corrected chi connectivity index (χ4v) is 3.31. The fourth-order valence-electron chi connectivity index (χ4n) is 1.64. The summed E-state index contributed by atoms with van der Waals surface area (Å²) in [5.74, 6) is 0. The van der Waals surface area contributed by atoms with Crippen LogP contribution in [0.1, 0.15) is 0 Å². The fraction of sp³-hybridized carbons (Fsp3) is 0. The van der Waals surface area contributed by atoms with Gasteiger partial charge in [0.25, 0.3) is 10.0 Å². The second-order valence-electron chi connectivity index (χ2n) is 3.66. The predicted molar refractivity (Wildman–Crippen MR) is 67.5 cm³/mol. The summed E-state index contributed by atoms with van der Waals surface area (Å²) in [6, 6.07) is 5.08. The van der Waals surface area contributed by atoms with Gasteiger partial charge in [0.15, 0.2) is 10.2 Å². The number of fused-ring (bicyclic) bond motifs is 1. The van der Waals surface area contributed by atoms with Gasteiger partial charge in [0.2, 0.25) is 0 Å². The van der Waals surface area contributed by atoms with Crippen molar-refractivity contribution in [2.24, 2.45) is 0 Å². The lowest BCUT2D eigenvalue weighted by molar-refractivity contribution is 0.420. The van der Waals surface area contributed by atoms with Crippen molar-refractivity contribution in [2.45, 2.75) is 5.03 Å². The number of nitrogens with zero attached hydrogens (tertiary/aromatic N) is 3. The van der Waals surface area contributed by atoms with E-state index in [1.807, 2.05) is 0 Å². The summed E-state index contributed by atoms with van der Waals surface area (Å²) in [4.78, 5) is 3.98. The lowest BCUT2D eigenvalue weighted by atomic mass is 10.5. The number of imidazole rings is 1. The number of anilines is 1. The van der Waals surface area contributed by atoms with Crippen molar-refractivity contribution in [3.8, 4) is 0 Å². The molecule has 0 saturated heterocycles. The zero-order chi connectivity index (χ0) is 13.5. The van der Waals surface area contributed by atoms with Crippen LogP contribution in [0.3, 0.4) is 0 Å². The van der Waals surface area contributed by atoms with E-state index in [-0.39, 0.29) is 15.9 Å². The number of hydrogen-bond acceptors (Lipinski definition) is 5. The van der Waals surface area contributed by atoms with Crippen molar-refractivity contribution in [3.05, 3.63) is 42.0 Å². The average Bonchev–Trinajstić information content (AvgIpc) is 2.94. The largest absolute Gasteiger partial charge is 0.362 e. The number of pyridine rings is 1. The molecule has 0 bridgehead atoms. The van der Waals surface area contributed by atoms with Gasteiger partial charge >= 0.3 is 0 Å². The maximum atomic E-state index is 12.3. The van der Waals surface area contributed by atoms with Gasteiger partial charge in [-0.15, -0.1) is 0 Å². The summed E-state index contributed by atoms with van der Waals surface area (Å²) in [6.45, 7) is 0. The van der Waals surface area contributed by atoms with Crippen LogP contribution in [0.25, 0.3) is 5.65 Å². The van der Waals surface area contributed by atoms with Crippen molar-refractivity contribution < 1.29 is 12.9 Å². The molecule has 0 radical (unpaired) electrons. The van der Waals surface area contributed by atoms with Crippen molar-refractivity contribution in [1.29, 1.82) is 0 Å². The number of sulfonamides is 1. The van der Waals surface area contributed by atoms with Crippen LogP contribution in [0.5, 0.6) is 0 Å². The molecule has 1 N–H and O–H groups in total. The molecule has 3 aromatic rings. The smallest absolute Gasteiger partial charge is 0.281 e. The molecule has 0 aliphatic heterocycles. The van der Waals surface area contributed by atoms with Gasteiger partial charge in [0.05, 0.1) is 6.20 Å². The lowest BCUT2D eigenvalue weighted by Crippen LogP contribution is -2.15. The zero-order valence-corrected chi connectivity index (χ0v) is 10.9. The number of hydrogen-bond donors (Lipinski definition) is 1. The molecule has 3 heterocycles. The van der Waals surface area contributed by atoms with Crippen LogP contribution < -0.4 is 4.72 Å². The minimum Gasteiger partial charge on any atom is -0.362 e. The highest BCUT2D eigenvalue weighted by molar-refractivity contribution is 7.92. The molecule has 3 rings (SSSR count). The van der Waals surface area contributed by atoms with Crippen LogP contribution in [0.4, 0.5) is 5.69 Å². The van der Waals surface area contributed by atoms with E-state index < -0.39 is 10.0 Å². The third-order valence-corrected chi connectivity index (χ3v) is 4.16. The molecule has 98 valence electrons. The third kappa shape index (κ3) is 2.04. The van der Waals surface area contributed by atoms with Crippen LogP contribution in [0.2, 0.25) is 5.15 Å². The topological polar surface area (TPSA) is 89.5 Å². The van der Waals surface area contributed by atoms with Crippen molar-refractivity contribution in [3.63, 3.8) is 0 Å². The predicted octanol–water partition coefficient (Wildman–Crippen LogP) is 1.78. The second kappa shape index (κ2) is 4.25. The third-order valence-electron chi connectivity index (χ3n) is 2.39. The summed E-state index contributed by atoms with van der Waals surface area (Å²) in [6.07, 6.45) is 3.99. The maximum Gasteiger partial charge on any atom is 0.281 e. The van der Waals surface area contributed by atoms with E-state index in [4.69, 9.17) is 11.6 Å². The number of halogens is 1. The molecule has 0 aliphatic rings. The molecule has 0 amide bonds. The van der Waals surface area contributed by atoms with E-state index in [1.54, 1.807) is 24.4 Å². The Labute approximate surface area is 112 Å². The van der Waals surface area contributed by atoms with Crippen LogP contribution in [-0.4, -0.2) is 23.0 Å². The van der Waals surface area contributed by atoms with E-state index in [2.05, 4.69) is 19.4 Å². The molecule has 0 fully saturated rings. The summed E-state index contributed by atoms with van der Waals surface area (Å²) in [7, 11) is -3.88. The molecular weight excluding hydrogens is 292 g/mol. The second-order valence-corrected chi connectivity index (χ2v) is 5.61. The van der Waals surface area contributed by atoms with Crippen LogP contribution >= 0.6 is 11.6 Å². The summed E-state index contributed by atoms with van der Waals surface area (Å²) in [5, 5.41) is 3.18. The Balaban J connectivity index is 2.15. The summed E-state index contributed by atoms with van der Waals surface area (Å²) >= 11 is 5.90. The SMILES string of the molecule is O=S(=O)(Nc1cnoc1)c1c(Cl)nc2ccccn12. The van der Waals surface area contributed by atoms with Crippen molar-refractivity contribution in [1.82, 2.24) is 14.5 Å². The van der Waals surface area contributed by atoms with Gasteiger partial charge in [-0.05, 0) is 12.1 Å². The van der Waals surface area contributed by atoms with E-state index in [1.165, 1.54) is 16.9 Å². The highest BCUT2D eigenvalue weighted by Crippen LogP contribution is 2.24. The Morgan fingerprint density at radius 1 is 1.37 bits per heavy atom. The van der Waals surface area contributed by atoms with Gasteiger partial charge in [-0.1, -0.05) is 22.8 Å². The Kier molecular flexibility index (Phi) is 2.68. The maximum absolute atomic E-state index is 12.3. The molecule has 0 aromatic carbocycles. The Bertz CT molecular complexity index is 826. The number of rotatable bonds is 3. The first-order valence-electron chi connectivity index (χ1n) is 5.13. The monoisotopic (exact) mass is 298 g/mol. The molecule has 0 aliphatic carbocycles. The molecule has 7 nitrogen and oxygen atoms in total. The molecule has 0 saturated carbocycles. The number of aromatic nitrogens is 3. The molecule has 0 unspecified atom stereocenters. The van der Waals surface area contributed by atoms with Gasteiger partial charge in [-0.3, -0.25) is 9.12 Å². The first-order chi connectivity index (χ1) is 9.08. The molecule has 3 aromatic heterocycles. The minimum atomic E-state index is -3.88. The highest BCUT2D eigenvalue weighted by atomic mass is 35.5. The van der Waals surface area contributed by atoms with Crippen LogP contribution in [0, 0.1) is 0 Å². The highest BCUT2D eigenvalue weighted by Gasteiger charge is 2.24. The Morgan fingerprint density at radius 2 is 2.21 bits per heavy atom. The van der Waals surface area contributed by atoms with E-state index in [0.717, 1.165) is 0 Å². The first-order valence-corrected chi connectivity index (χ1v) is 6.99.